The molecule has 0 heterocycles. The van der Waals surface area contributed by atoms with Gasteiger partial charge in [-0.3, -0.25) is 4.79 Å². The Morgan fingerprint density at radius 1 is 1.05 bits per heavy atom. The summed E-state index contributed by atoms with van der Waals surface area (Å²) in [5.74, 6) is 0. The fourth-order valence-electron chi connectivity index (χ4n) is 1.78. The topological polar surface area (TPSA) is 26.3 Å². The summed E-state index contributed by atoms with van der Waals surface area (Å²) in [7, 11) is -1.77. The SMILES string of the molecule is CC(C)(C)c1cc(C=O)cc(CO[Si](C)(C)C(C)(C)C)c1. The molecule has 21 heavy (non-hydrogen) atoms. The molecule has 0 aliphatic rings. The Kier molecular flexibility index (Phi) is 5.22. The summed E-state index contributed by atoms with van der Waals surface area (Å²) in [5.41, 5.74) is 3.04. The van der Waals surface area contributed by atoms with Crippen LogP contribution in [0.1, 0.15) is 63.0 Å². The van der Waals surface area contributed by atoms with E-state index in [0.29, 0.717) is 6.61 Å². The van der Waals surface area contributed by atoms with Crippen molar-refractivity contribution in [3.8, 4) is 0 Å². The first-order valence-corrected chi connectivity index (χ1v) is 10.5. The van der Waals surface area contributed by atoms with Gasteiger partial charge in [0.2, 0.25) is 0 Å². The fraction of sp³-hybridized carbons (Fsp3) is 0.611. The van der Waals surface area contributed by atoms with Crippen molar-refractivity contribution in [1.29, 1.82) is 0 Å². The minimum Gasteiger partial charge on any atom is -0.413 e. The van der Waals surface area contributed by atoms with Crippen molar-refractivity contribution in [2.45, 2.75) is 71.7 Å². The van der Waals surface area contributed by atoms with Crippen LogP contribution in [0, 0.1) is 0 Å². The van der Waals surface area contributed by atoms with E-state index in [4.69, 9.17) is 4.43 Å². The van der Waals surface area contributed by atoms with Crippen molar-refractivity contribution in [2.75, 3.05) is 0 Å². The van der Waals surface area contributed by atoms with Gasteiger partial charge >= 0.3 is 0 Å². The molecule has 0 radical (unpaired) electrons. The molecular formula is C18H30O2Si. The van der Waals surface area contributed by atoms with Crippen LogP contribution in [0.4, 0.5) is 0 Å². The third-order valence-corrected chi connectivity index (χ3v) is 8.90. The molecule has 0 aromatic heterocycles. The van der Waals surface area contributed by atoms with E-state index in [-0.39, 0.29) is 10.5 Å². The lowest BCUT2D eigenvalue weighted by Gasteiger charge is -2.36. The van der Waals surface area contributed by atoms with E-state index in [2.05, 4.69) is 60.7 Å². The number of aldehydes is 1. The maximum absolute atomic E-state index is 11.2. The Hall–Kier alpha value is -0.933. The second-order valence-corrected chi connectivity index (χ2v) is 13.2. The smallest absolute Gasteiger partial charge is 0.192 e. The van der Waals surface area contributed by atoms with Crippen molar-refractivity contribution in [1.82, 2.24) is 0 Å². The van der Waals surface area contributed by atoms with Crippen LogP contribution in [0.3, 0.4) is 0 Å². The molecule has 0 unspecified atom stereocenters. The van der Waals surface area contributed by atoms with Crippen molar-refractivity contribution >= 4 is 14.6 Å². The molecule has 0 bridgehead atoms. The van der Waals surface area contributed by atoms with E-state index in [0.717, 1.165) is 17.4 Å². The van der Waals surface area contributed by atoms with Crippen LogP contribution in [0.5, 0.6) is 0 Å². The van der Waals surface area contributed by atoms with Crippen LogP contribution in [-0.4, -0.2) is 14.6 Å². The lowest BCUT2D eigenvalue weighted by Crippen LogP contribution is -2.40. The Morgan fingerprint density at radius 2 is 1.62 bits per heavy atom. The molecule has 2 nitrogen and oxygen atoms in total. The summed E-state index contributed by atoms with van der Waals surface area (Å²) in [6.45, 7) is 18.3. The maximum atomic E-state index is 11.2. The Bertz CT molecular complexity index is 505. The first-order chi connectivity index (χ1) is 9.37. The van der Waals surface area contributed by atoms with Crippen LogP contribution >= 0.6 is 0 Å². The molecule has 1 aromatic rings. The van der Waals surface area contributed by atoms with Crippen LogP contribution in [0.2, 0.25) is 18.1 Å². The van der Waals surface area contributed by atoms with Crippen LogP contribution in [-0.2, 0) is 16.4 Å². The van der Waals surface area contributed by atoms with Gasteiger partial charge in [0.25, 0.3) is 0 Å². The number of carbonyl (C=O) groups is 1. The maximum Gasteiger partial charge on any atom is 0.192 e. The summed E-state index contributed by atoms with van der Waals surface area (Å²) < 4.78 is 6.27. The quantitative estimate of drug-likeness (QED) is 0.556. The predicted molar refractivity (Wildman–Crippen MR) is 92.5 cm³/mol. The van der Waals surface area contributed by atoms with Gasteiger partial charge < -0.3 is 4.43 Å². The number of carbonyl (C=O) groups excluding carboxylic acids is 1. The zero-order chi connectivity index (χ0) is 16.5. The van der Waals surface area contributed by atoms with Crippen LogP contribution < -0.4 is 0 Å². The average molecular weight is 307 g/mol. The molecule has 118 valence electrons. The normalized spacial score (nSPS) is 13.3. The van der Waals surface area contributed by atoms with E-state index in [9.17, 15) is 4.79 Å². The van der Waals surface area contributed by atoms with Gasteiger partial charge in [0.1, 0.15) is 6.29 Å². The van der Waals surface area contributed by atoms with Crippen molar-refractivity contribution < 1.29 is 9.22 Å². The molecule has 3 heteroatoms. The largest absolute Gasteiger partial charge is 0.413 e. The summed E-state index contributed by atoms with van der Waals surface area (Å²) >= 11 is 0. The van der Waals surface area contributed by atoms with E-state index in [1.165, 1.54) is 5.56 Å². The number of hydrogen-bond donors (Lipinski definition) is 0. The second-order valence-electron chi connectivity index (χ2n) is 8.38. The van der Waals surface area contributed by atoms with Gasteiger partial charge in [-0.05, 0) is 46.8 Å². The average Bonchev–Trinajstić information content (AvgIpc) is 2.33. The van der Waals surface area contributed by atoms with Crippen molar-refractivity contribution in [3.63, 3.8) is 0 Å². The zero-order valence-corrected chi connectivity index (χ0v) is 15.8. The zero-order valence-electron chi connectivity index (χ0n) is 14.8. The minimum atomic E-state index is -1.77. The molecule has 0 fully saturated rings. The molecule has 0 saturated heterocycles. The monoisotopic (exact) mass is 306 g/mol. The van der Waals surface area contributed by atoms with Crippen LogP contribution in [0.25, 0.3) is 0 Å². The van der Waals surface area contributed by atoms with Gasteiger partial charge in [-0.1, -0.05) is 47.6 Å². The van der Waals surface area contributed by atoms with Gasteiger partial charge in [0, 0.05) is 5.56 Å². The number of benzene rings is 1. The summed E-state index contributed by atoms with van der Waals surface area (Å²) in [5, 5.41) is 0.197. The van der Waals surface area contributed by atoms with Gasteiger partial charge in [-0.2, -0.15) is 0 Å². The highest BCUT2D eigenvalue weighted by atomic mass is 28.4. The third kappa shape index (κ3) is 4.79. The molecular weight excluding hydrogens is 276 g/mol. The van der Waals surface area contributed by atoms with Crippen molar-refractivity contribution in [2.24, 2.45) is 0 Å². The summed E-state index contributed by atoms with van der Waals surface area (Å²) in [6.07, 6.45) is 0.922. The third-order valence-electron chi connectivity index (χ3n) is 4.42. The molecule has 0 saturated carbocycles. The number of rotatable bonds is 4. The highest BCUT2D eigenvalue weighted by Gasteiger charge is 2.37. The first kappa shape index (κ1) is 18.1. The number of hydrogen-bond acceptors (Lipinski definition) is 2. The van der Waals surface area contributed by atoms with E-state index >= 15 is 0 Å². The van der Waals surface area contributed by atoms with E-state index in [1.807, 2.05) is 12.1 Å². The van der Waals surface area contributed by atoms with E-state index in [1.54, 1.807) is 0 Å². The van der Waals surface area contributed by atoms with Gasteiger partial charge in [-0.15, -0.1) is 0 Å². The fourth-order valence-corrected chi connectivity index (χ4v) is 2.74. The Balaban J connectivity index is 3.02. The molecule has 0 spiro atoms. The molecule has 0 atom stereocenters. The molecule has 0 aliphatic heterocycles. The highest BCUT2D eigenvalue weighted by molar-refractivity contribution is 6.74. The van der Waals surface area contributed by atoms with Gasteiger partial charge in [-0.25, -0.2) is 0 Å². The Labute approximate surface area is 131 Å². The van der Waals surface area contributed by atoms with Gasteiger partial charge in [0.15, 0.2) is 8.32 Å². The van der Waals surface area contributed by atoms with Gasteiger partial charge in [0.05, 0.1) is 6.61 Å². The molecule has 0 N–H and O–H groups in total. The summed E-state index contributed by atoms with van der Waals surface area (Å²) in [6, 6.07) is 6.08. The molecule has 1 rings (SSSR count). The minimum absolute atomic E-state index is 0.0325. The lowest BCUT2D eigenvalue weighted by atomic mass is 9.85. The second kappa shape index (κ2) is 6.05. The van der Waals surface area contributed by atoms with Crippen molar-refractivity contribution in [3.05, 3.63) is 34.9 Å². The first-order valence-electron chi connectivity index (χ1n) is 7.60. The predicted octanol–water partition coefficient (Wildman–Crippen LogP) is 5.32. The molecule has 1 aromatic carbocycles. The highest BCUT2D eigenvalue weighted by Crippen LogP contribution is 2.37. The summed E-state index contributed by atoms with van der Waals surface area (Å²) in [4.78, 5) is 11.2. The molecule has 0 amide bonds. The molecule has 0 aliphatic carbocycles. The van der Waals surface area contributed by atoms with E-state index < -0.39 is 8.32 Å². The Morgan fingerprint density at radius 3 is 2.05 bits per heavy atom. The lowest BCUT2D eigenvalue weighted by molar-refractivity contribution is 0.112. The standard InChI is InChI=1S/C18H30O2Si/c1-17(2,3)16-10-14(12-19)9-15(11-16)13-20-21(7,8)18(4,5)6/h9-12H,13H2,1-8H3. The van der Waals surface area contributed by atoms with Crippen LogP contribution in [0.15, 0.2) is 18.2 Å².